The number of benzene rings is 1. The van der Waals surface area contributed by atoms with Crippen LogP contribution in [-0.4, -0.2) is 33.4 Å². The number of ether oxygens (including phenoxy) is 2. The summed E-state index contributed by atoms with van der Waals surface area (Å²) in [6.45, 7) is 10.0. The van der Waals surface area contributed by atoms with E-state index in [9.17, 15) is 0 Å². The van der Waals surface area contributed by atoms with Gasteiger partial charge in [-0.05, 0) is 57.2 Å². The lowest BCUT2D eigenvalue weighted by atomic mass is 9.97. The Morgan fingerprint density at radius 2 is 2.00 bits per heavy atom. The molecule has 1 atom stereocenters. The predicted molar refractivity (Wildman–Crippen MR) is 89.2 cm³/mol. The second-order valence-corrected chi connectivity index (χ2v) is 5.72. The van der Waals surface area contributed by atoms with Gasteiger partial charge in [-0.25, -0.2) is 0 Å². The van der Waals surface area contributed by atoms with Crippen LogP contribution >= 0.6 is 0 Å². The smallest absolute Gasteiger partial charge is 0.122 e. The zero-order valence-electron chi connectivity index (χ0n) is 14.1. The van der Waals surface area contributed by atoms with Crippen molar-refractivity contribution in [2.24, 2.45) is 5.92 Å². The van der Waals surface area contributed by atoms with Crippen molar-refractivity contribution in [2.75, 3.05) is 33.4 Å². The molecular weight excluding hydrogens is 262 g/mol. The van der Waals surface area contributed by atoms with Crippen LogP contribution in [0.4, 0.5) is 0 Å². The number of nitrogens with one attached hydrogen (secondary N) is 1. The summed E-state index contributed by atoms with van der Waals surface area (Å²) in [4.78, 5) is 0. The van der Waals surface area contributed by atoms with Gasteiger partial charge in [0.15, 0.2) is 0 Å². The Morgan fingerprint density at radius 3 is 2.71 bits per heavy atom. The highest BCUT2D eigenvalue weighted by Gasteiger charge is 2.07. The minimum Gasteiger partial charge on any atom is -0.494 e. The fraction of sp³-hybridized carbons (Fsp3) is 0.667. The Balaban J connectivity index is 2.34. The first-order chi connectivity index (χ1) is 10.2. The Morgan fingerprint density at radius 1 is 1.19 bits per heavy atom. The second-order valence-electron chi connectivity index (χ2n) is 5.72. The van der Waals surface area contributed by atoms with Crippen molar-refractivity contribution in [2.45, 2.75) is 40.0 Å². The zero-order chi connectivity index (χ0) is 15.5. The molecule has 0 aliphatic rings. The number of rotatable bonds is 11. The highest BCUT2D eigenvalue weighted by atomic mass is 16.5. The molecule has 1 aromatic carbocycles. The summed E-state index contributed by atoms with van der Waals surface area (Å²) in [5.41, 5.74) is 2.65. The van der Waals surface area contributed by atoms with Crippen LogP contribution in [0.2, 0.25) is 0 Å². The lowest BCUT2D eigenvalue weighted by Gasteiger charge is -2.15. The van der Waals surface area contributed by atoms with Crippen LogP contribution in [0.25, 0.3) is 0 Å². The van der Waals surface area contributed by atoms with E-state index >= 15 is 0 Å². The van der Waals surface area contributed by atoms with Crippen molar-refractivity contribution in [1.29, 1.82) is 0 Å². The monoisotopic (exact) mass is 293 g/mol. The van der Waals surface area contributed by atoms with Gasteiger partial charge in [-0.1, -0.05) is 24.6 Å². The average Bonchev–Trinajstić information content (AvgIpc) is 2.47. The van der Waals surface area contributed by atoms with Crippen LogP contribution in [-0.2, 0) is 11.2 Å². The van der Waals surface area contributed by atoms with E-state index in [-0.39, 0.29) is 0 Å². The molecule has 0 amide bonds. The molecule has 0 radical (unpaired) electrons. The topological polar surface area (TPSA) is 30.5 Å². The summed E-state index contributed by atoms with van der Waals surface area (Å²) in [5, 5.41) is 3.41. The Kier molecular flexibility index (Phi) is 9.11. The normalized spacial score (nSPS) is 12.4. The van der Waals surface area contributed by atoms with Crippen LogP contribution in [0.1, 0.15) is 37.8 Å². The van der Waals surface area contributed by atoms with Crippen molar-refractivity contribution in [3.63, 3.8) is 0 Å². The lowest BCUT2D eigenvalue weighted by Crippen LogP contribution is -2.21. The molecule has 0 bridgehead atoms. The molecule has 120 valence electrons. The summed E-state index contributed by atoms with van der Waals surface area (Å²) < 4.78 is 10.7. The first-order valence-corrected chi connectivity index (χ1v) is 8.09. The standard InChI is InChI=1S/C18H31NO2/c1-5-21-18-9-7-16(3)14-17(18)8-6-15(2)10-11-19-12-13-20-4/h7,9,14-15,19H,5-6,8,10-13H2,1-4H3. The second kappa shape index (κ2) is 10.6. The largest absolute Gasteiger partial charge is 0.494 e. The van der Waals surface area contributed by atoms with Gasteiger partial charge in [0, 0.05) is 13.7 Å². The van der Waals surface area contributed by atoms with Crippen molar-refractivity contribution in [1.82, 2.24) is 5.32 Å². The quantitative estimate of drug-likeness (QED) is 0.633. The van der Waals surface area contributed by atoms with Gasteiger partial charge in [-0.15, -0.1) is 0 Å². The van der Waals surface area contributed by atoms with Crippen molar-refractivity contribution in [3.8, 4) is 5.75 Å². The minimum atomic E-state index is 0.718. The third kappa shape index (κ3) is 7.49. The molecule has 1 aromatic rings. The van der Waals surface area contributed by atoms with Crippen LogP contribution in [0.5, 0.6) is 5.75 Å². The Bertz CT molecular complexity index is 393. The van der Waals surface area contributed by atoms with Crippen LogP contribution in [0.15, 0.2) is 18.2 Å². The van der Waals surface area contributed by atoms with Gasteiger partial charge in [0.2, 0.25) is 0 Å². The maximum Gasteiger partial charge on any atom is 0.122 e. The van der Waals surface area contributed by atoms with E-state index in [1.165, 1.54) is 24.0 Å². The fourth-order valence-electron chi connectivity index (χ4n) is 2.39. The molecule has 1 rings (SSSR count). The molecule has 0 spiro atoms. The zero-order valence-corrected chi connectivity index (χ0v) is 14.1. The van der Waals surface area contributed by atoms with Gasteiger partial charge in [0.25, 0.3) is 0 Å². The van der Waals surface area contributed by atoms with E-state index < -0.39 is 0 Å². The van der Waals surface area contributed by atoms with Gasteiger partial charge in [0.1, 0.15) is 5.75 Å². The van der Waals surface area contributed by atoms with Gasteiger partial charge >= 0.3 is 0 Å². The van der Waals surface area contributed by atoms with E-state index in [1.807, 2.05) is 6.92 Å². The van der Waals surface area contributed by atoms with Crippen molar-refractivity contribution < 1.29 is 9.47 Å². The summed E-state index contributed by atoms with van der Waals surface area (Å²) in [6, 6.07) is 6.48. The van der Waals surface area contributed by atoms with Crippen LogP contribution in [0.3, 0.4) is 0 Å². The number of aryl methyl sites for hydroxylation is 2. The molecular formula is C18H31NO2. The fourth-order valence-corrected chi connectivity index (χ4v) is 2.39. The maximum atomic E-state index is 5.72. The highest BCUT2D eigenvalue weighted by molar-refractivity contribution is 5.37. The Labute approximate surface area is 130 Å². The molecule has 21 heavy (non-hydrogen) atoms. The van der Waals surface area contributed by atoms with E-state index in [0.717, 1.165) is 44.4 Å². The van der Waals surface area contributed by atoms with Gasteiger partial charge in [-0.3, -0.25) is 0 Å². The van der Waals surface area contributed by atoms with E-state index in [0.29, 0.717) is 0 Å². The lowest BCUT2D eigenvalue weighted by molar-refractivity contribution is 0.199. The number of hydrogen-bond acceptors (Lipinski definition) is 3. The third-order valence-electron chi connectivity index (χ3n) is 3.72. The molecule has 1 N–H and O–H groups in total. The molecule has 3 heteroatoms. The van der Waals surface area contributed by atoms with E-state index in [1.54, 1.807) is 7.11 Å². The van der Waals surface area contributed by atoms with Crippen LogP contribution < -0.4 is 10.1 Å². The summed E-state index contributed by atoms with van der Waals surface area (Å²) in [7, 11) is 1.74. The molecule has 3 nitrogen and oxygen atoms in total. The SMILES string of the molecule is CCOc1ccc(C)cc1CCC(C)CCNCCOC. The first kappa shape index (κ1) is 18.0. The molecule has 0 fully saturated rings. The van der Waals surface area contributed by atoms with Crippen molar-refractivity contribution in [3.05, 3.63) is 29.3 Å². The Hall–Kier alpha value is -1.06. The van der Waals surface area contributed by atoms with Crippen LogP contribution in [0, 0.1) is 12.8 Å². The van der Waals surface area contributed by atoms with E-state index in [4.69, 9.17) is 9.47 Å². The molecule has 0 saturated heterocycles. The minimum absolute atomic E-state index is 0.718. The molecule has 0 aromatic heterocycles. The maximum absolute atomic E-state index is 5.72. The van der Waals surface area contributed by atoms with Gasteiger partial charge in [0.05, 0.1) is 13.2 Å². The summed E-state index contributed by atoms with van der Waals surface area (Å²) >= 11 is 0. The molecule has 0 aliphatic carbocycles. The highest BCUT2D eigenvalue weighted by Crippen LogP contribution is 2.23. The van der Waals surface area contributed by atoms with E-state index in [2.05, 4.69) is 37.4 Å². The predicted octanol–water partition coefficient (Wildman–Crippen LogP) is 3.59. The molecule has 0 heterocycles. The van der Waals surface area contributed by atoms with Gasteiger partial charge in [-0.2, -0.15) is 0 Å². The summed E-state index contributed by atoms with van der Waals surface area (Å²) in [5.74, 6) is 1.77. The number of methoxy groups -OCH3 is 1. The molecule has 0 saturated carbocycles. The first-order valence-electron chi connectivity index (χ1n) is 8.09. The third-order valence-corrected chi connectivity index (χ3v) is 3.72. The average molecular weight is 293 g/mol. The summed E-state index contributed by atoms with van der Waals surface area (Å²) in [6.07, 6.45) is 3.51. The van der Waals surface area contributed by atoms with Gasteiger partial charge < -0.3 is 14.8 Å². The molecule has 1 unspecified atom stereocenters. The number of hydrogen-bond donors (Lipinski definition) is 1. The molecule has 0 aliphatic heterocycles. The van der Waals surface area contributed by atoms with Crippen molar-refractivity contribution >= 4 is 0 Å².